The van der Waals surface area contributed by atoms with Crippen LogP contribution in [-0.4, -0.2) is 63.6 Å². The van der Waals surface area contributed by atoms with Crippen LogP contribution in [0.25, 0.3) is 5.82 Å². The number of rotatable bonds is 5. The normalized spacial score (nSPS) is 14.1. The Balaban J connectivity index is 1.38. The highest BCUT2D eigenvalue weighted by Crippen LogP contribution is 2.18. The first-order valence-corrected chi connectivity index (χ1v) is 9.62. The van der Waals surface area contributed by atoms with Crippen LogP contribution >= 0.6 is 0 Å². The van der Waals surface area contributed by atoms with Crippen molar-refractivity contribution >= 4 is 11.7 Å². The van der Waals surface area contributed by atoms with Gasteiger partial charge in [0, 0.05) is 44.6 Å². The summed E-state index contributed by atoms with van der Waals surface area (Å²) >= 11 is 0. The molecule has 0 N–H and O–H groups in total. The Hall–Kier alpha value is -3.42. The minimum absolute atomic E-state index is 0.146. The van der Waals surface area contributed by atoms with Crippen molar-refractivity contribution in [3.63, 3.8) is 0 Å². The minimum atomic E-state index is 0.146. The number of aromatic nitrogens is 4. The van der Waals surface area contributed by atoms with Crippen molar-refractivity contribution in [3.8, 4) is 11.6 Å². The summed E-state index contributed by atoms with van der Waals surface area (Å²) in [6.07, 6.45) is 5.72. The van der Waals surface area contributed by atoms with E-state index in [2.05, 4.69) is 19.9 Å². The molecule has 0 saturated carbocycles. The standard InChI is InChI=1S/C21H24N6O2/c1-16-23-19(14-20(24-16)27-8-7-22-15-27)25-9-11-26(12-10-25)21(28)13-17-3-5-18(29-2)6-4-17/h3-8,14-15H,9-13H2,1-2H3. The van der Waals surface area contributed by atoms with Gasteiger partial charge in [0.25, 0.3) is 0 Å². The van der Waals surface area contributed by atoms with Crippen molar-refractivity contribution in [2.24, 2.45) is 0 Å². The number of benzene rings is 1. The van der Waals surface area contributed by atoms with Crippen LogP contribution in [0.2, 0.25) is 0 Å². The number of ether oxygens (including phenoxy) is 1. The molecule has 3 aromatic rings. The van der Waals surface area contributed by atoms with Gasteiger partial charge in [-0.05, 0) is 24.6 Å². The maximum absolute atomic E-state index is 12.7. The monoisotopic (exact) mass is 392 g/mol. The largest absolute Gasteiger partial charge is 0.497 e. The topological polar surface area (TPSA) is 76.4 Å². The molecule has 150 valence electrons. The number of hydrogen-bond donors (Lipinski definition) is 0. The number of aryl methyl sites for hydroxylation is 1. The third-order valence-corrected chi connectivity index (χ3v) is 5.05. The summed E-state index contributed by atoms with van der Waals surface area (Å²) < 4.78 is 7.04. The van der Waals surface area contributed by atoms with Gasteiger partial charge in [0.05, 0.1) is 13.5 Å². The van der Waals surface area contributed by atoms with E-state index in [1.807, 2.05) is 52.9 Å². The summed E-state index contributed by atoms with van der Waals surface area (Å²) in [7, 11) is 1.64. The highest BCUT2D eigenvalue weighted by molar-refractivity contribution is 5.79. The van der Waals surface area contributed by atoms with Gasteiger partial charge in [-0.3, -0.25) is 9.36 Å². The van der Waals surface area contributed by atoms with E-state index in [0.717, 1.165) is 36.0 Å². The van der Waals surface area contributed by atoms with Gasteiger partial charge >= 0.3 is 0 Å². The molecule has 1 aliphatic heterocycles. The van der Waals surface area contributed by atoms with Crippen LogP contribution in [0.3, 0.4) is 0 Å². The summed E-state index contributed by atoms with van der Waals surface area (Å²) in [5.74, 6) is 3.33. The molecule has 0 spiro atoms. The molecule has 0 aliphatic carbocycles. The predicted octanol–water partition coefficient (Wildman–Crippen LogP) is 1.87. The molecule has 29 heavy (non-hydrogen) atoms. The maximum Gasteiger partial charge on any atom is 0.227 e. The second-order valence-electron chi connectivity index (χ2n) is 6.99. The lowest BCUT2D eigenvalue weighted by molar-refractivity contribution is -0.130. The van der Waals surface area contributed by atoms with Crippen LogP contribution in [0.15, 0.2) is 49.1 Å². The van der Waals surface area contributed by atoms with Crippen molar-refractivity contribution in [3.05, 3.63) is 60.4 Å². The second-order valence-corrected chi connectivity index (χ2v) is 6.99. The molecular formula is C21H24N6O2. The predicted molar refractivity (Wildman–Crippen MR) is 109 cm³/mol. The number of imidazole rings is 1. The van der Waals surface area contributed by atoms with Crippen molar-refractivity contribution in [1.29, 1.82) is 0 Å². The zero-order valence-corrected chi connectivity index (χ0v) is 16.7. The lowest BCUT2D eigenvalue weighted by atomic mass is 10.1. The summed E-state index contributed by atoms with van der Waals surface area (Å²) in [5.41, 5.74) is 0.995. The number of methoxy groups -OCH3 is 1. The molecule has 8 nitrogen and oxygen atoms in total. The van der Waals surface area contributed by atoms with Crippen LogP contribution in [-0.2, 0) is 11.2 Å². The lowest BCUT2D eigenvalue weighted by Gasteiger charge is -2.35. The number of carbonyl (C=O) groups excluding carboxylic acids is 1. The molecule has 1 saturated heterocycles. The number of hydrogen-bond acceptors (Lipinski definition) is 6. The summed E-state index contributed by atoms with van der Waals surface area (Å²) in [5, 5.41) is 0. The Labute approximate surface area is 169 Å². The third kappa shape index (κ3) is 4.37. The summed E-state index contributed by atoms with van der Waals surface area (Å²) in [6, 6.07) is 9.61. The Bertz CT molecular complexity index is 963. The number of piperazine rings is 1. The van der Waals surface area contributed by atoms with Crippen LogP contribution in [0.1, 0.15) is 11.4 Å². The zero-order chi connectivity index (χ0) is 20.2. The molecule has 0 radical (unpaired) electrons. The van der Waals surface area contributed by atoms with Gasteiger partial charge in [0.1, 0.15) is 29.5 Å². The van der Waals surface area contributed by atoms with Gasteiger partial charge in [-0.1, -0.05) is 12.1 Å². The third-order valence-electron chi connectivity index (χ3n) is 5.05. The van der Waals surface area contributed by atoms with E-state index in [9.17, 15) is 4.79 Å². The SMILES string of the molecule is COc1ccc(CC(=O)N2CCN(c3cc(-n4ccnc4)nc(C)n3)CC2)cc1. The van der Waals surface area contributed by atoms with E-state index >= 15 is 0 Å². The highest BCUT2D eigenvalue weighted by Gasteiger charge is 2.22. The van der Waals surface area contributed by atoms with Gasteiger partial charge in [-0.25, -0.2) is 15.0 Å². The van der Waals surface area contributed by atoms with E-state index in [4.69, 9.17) is 4.74 Å². The molecule has 1 aromatic carbocycles. The average Bonchev–Trinajstić information content (AvgIpc) is 3.29. The molecule has 8 heteroatoms. The summed E-state index contributed by atoms with van der Waals surface area (Å²) in [4.78, 5) is 29.9. The highest BCUT2D eigenvalue weighted by atomic mass is 16.5. The molecule has 0 bridgehead atoms. The van der Waals surface area contributed by atoms with E-state index in [1.54, 1.807) is 19.6 Å². The molecule has 2 aromatic heterocycles. The fourth-order valence-corrected chi connectivity index (χ4v) is 3.44. The molecule has 1 fully saturated rings. The molecule has 1 amide bonds. The Kier molecular flexibility index (Phi) is 5.41. The molecule has 0 unspecified atom stereocenters. The fourth-order valence-electron chi connectivity index (χ4n) is 3.44. The quantitative estimate of drug-likeness (QED) is 0.660. The van der Waals surface area contributed by atoms with Gasteiger partial charge in [0.2, 0.25) is 5.91 Å². The second kappa shape index (κ2) is 8.30. The van der Waals surface area contributed by atoms with Gasteiger partial charge < -0.3 is 14.5 Å². The average molecular weight is 392 g/mol. The molecule has 3 heterocycles. The lowest BCUT2D eigenvalue weighted by Crippen LogP contribution is -2.49. The summed E-state index contributed by atoms with van der Waals surface area (Å²) in [6.45, 7) is 4.73. The van der Waals surface area contributed by atoms with E-state index in [0.29, 0.717) is 25.3 Å². The zero-order valence-electron chi connectivity index (χ0n) is 16.7. The van der Waals surface area contributed by atoms with Gasteiger partial charge in [-0.15, -0.1) is 0 Å². The van der Waals surface area contributed by atoms with Crippen molar-refractivity contribution in [2.75, 3.05) is 38.2 Å². The Morgan fingerprint density at radius 2 is 1.79 bits per heavy atom. The van der Waals surface area contributed by atoms with Crippen molar-refractivity contribution in [1.82, 2.24) is 24.4 Å². The van der Waals surface area contributed by atoms with E-state index in [-0.39, 0.29) is 5.91 Å². The smallest absolute Gasteiger partial charge is 0.227 e. The number of amides is 1. The van der Waals surface area contributed by atoms with Crippen molar-refractivity contribution in [2.45, 2.75) is 13.3 Å². The molecule has 1 aliphatic rings. The van der Waals surface area contributed by atoms with Crippen LogP contribution < -0.4 is 9.64 Å². The minimum Gasteiger partial charge on any atom is -0.497 e. The maximum atomic E-state index is 12.7. The first-order valence-electron chi connectivity index (χ1n) is 9.62. The van der Waals surface area contributed by atoms with Crippen LogP contribution in [0, 0.1) is 6.92 Å². The Morgan fingerprint density at radius 1 is 1.07 bits per heavy atom. The van der Waals surface area contributed by atoms with Crippen LogP contribution in [0.5, 0.6) is 5.75 Å². The number of nitrogens with zero attached hydrogens (tertiary/aromatic N) is 6. The molecule has 0 atom stereocenters. The van der Waals surface area contributed by atoms with Crippen LogP contribution in [0.4, 0.5) is 5.82 Å². The van der Waals surface area contributed by atoms with Crippen molar-refractivity contribution < 1.29 is 9.53 Å². The molecule has 4 rings (SSSR count). The van der Waals surface area contributed by atoms with Gasteiger partial charge in [-0.2, -0.15) is 0 Å². The number of anilines is 1. The Morgan fingerprint density at radius 3 is 2.45 bits per heavy atom. The molecular weight excluding hydrogens is 368 g/mol. The van der Waals surface area contributed by atoms with Gasteiger partial charge in [0.15, 0.2) is 0 Å². The first-order chi connectivity index (χ1) is 14.1. The number of carbonyl (C=O) groups is 1. The fraction of sp³-hybridized carbons (Fsp3) is 0.333. The van der Waals surface area contributed by atoms with E-state index in [1.165, 1.54) is 0 Å². The first kappa shape index (κ1) is 18.9. The van der Waals surface area contributed by atoms with E-state index < -0.39 is 0 Å².